The van der Waals surface area contributed by atoms with E-state index in [-0.39, 0.29) is 12.7 Å². The van der Waals surface area contributed by atoms with Gasteiger partial charge in [0.1, 0.15) is 12.4 Å². The molecule has 0 aromatic heterocycles. The van der Waals surface area contributed by atoms with Gasteiger partial charge >= 0.3 is 0 Å². The Labute approximate surface area is 163 Å². The molecule has 0 spiro atoms. The lowest BCUT2D eigenvalue weighted by atomic mass is 9.87. The van der Waals surface area contributed by atoms with E-state index in [2.05, 4.69) is 50.0 Å². The summed E-state index contributed by atoms with van der Waals surface area (Å²) in [6.45, 7) is 11.2. The van der Waals surface area contributed by atoms with Crippen molar-refractivity contribution in [3.8, 4) is 5.75 Å². The SMILES string of the molecule is CCN1CCOc2cc(NC(=O)/C=C/c3ccc(C(C)(C)C)cc3)ccc21.[HH]. The minimum absolute atomic E-state index is 0. The van der Waals surface area contributed by atoms with E-state index in [1.54, 1.807) is 6.08 Å². The monoisotopic (exact) mass is 366 g/mol. The largest absolute Gasteiger partial charge is 0.489 e. The fourth-order valence-corrected chi connectivity index (χ4v) is 3.13. The topological polar surface area (TPSA) is 41.6 Å². The van der Waals surface area contributed by atoms with Crippen LogP contribution in [0.25, 0.3) is 6.08 Å². The molecule has 27 heavy (non-hydrogen) atoms. The number of rotatable bonds is 4. The Morgan fingerprint density at radius 3 is 2.63 bits per heavy atom. The first kappa shape index (κ1) is 19.0. The van der Waals surface area contributed by atoms with E-state index in [9.17, 15) is 4.79 Å². The zero-order valence-corrected chi connectivity index (χ0v) is 16.6. The summed E-state index contributed by atoms with van der Waals surface area (Å²) in [4.78, 5) is 14.5. The summed E-state index contributed by atoms with van der Waals surface area (Å²) in [6, 6.07) is 14.1. The fraction of sp³-hybridized carbons (Fsp3) is 0.348. The highest BCUT2D eigenvalue weighted by Gasteiger charge is 2.17. The Bertz CT molecular complexity index is 839. The molecule has 1 amide bonds. The number of benzene rings is 2. The average molecular weight is 367 g/mol. The number of likely N-dealkylation sites (N-methyl/N-ethyl adjacent to an activating group) is 1. The molecule has 0 radical (unpaired) electrons. The van der Waals surface area contributed by atoms with Crippen molar-refractivity contribution in [3.05, 3.63) is 59.7 Å². The Hall–Kier alpha value is -2.75. The van der Waals surface area contributed by atoms with Gasteiger partial charge in [0.15, 0.2) is 0 Å². The van der Waals surface area contributed by atoms with Gasteiger partial charge in [0.05, 0.1) is 12.2 Å². The molecule has 4 nitrogen and oxygen atoms in total. The van der Waals surface area contributed by atoms with Gasteiger partial charge in [0.2, 0.25) is 5.91 Å². The van der Waals surface area contributed by atoms with Gasteiger partial charge in [-0.2, -0.15) is 0 Å². The third-order valence-electron chi connectivity index (χ3n) is 4.77. The molecule has 1 N–H and O–H groups in total. The zero-order valence-electron chi connectivity index (χ0n) is 16.6. The van der Waals surface area contributed by atoms with Crippen LogP contribution >= 0.6 is 0 Å². The van der Waals surface area contributed by atoms with Gasteiger partial charge < -0.3 is 15.0 Å². The van der Waals surface area contributed by atoms with Crippen molar-refractivity contribution in [2.45, 2.75) is 33.1 Å². The van der Waals surface area contributed by atoms with Crippen molar-refractivity contribution in [2.75, 3.05) is 29.9 Å². The number of anilines is 2. The third kappa shape index (κ3) is 4.70. The number of nitrogens with one attached hydrogen (secondary N) is 1. The third-order valence-corrected chi connectivity index (χ3v) is 4.77. The lowest BCUT2D eigenvalue weighted by molar-refractivity contribution is -0.111. The number of carbonyl (C=O) groups is 1. The number of hydrogen-bond donors (Lipinski definition) is 1. The van der Waals surface area contributed by atoms with Gasteiger partial charge in [-0.1, -0.05) is 45.0 Å². The van der Waals surface area contributed by atoms with Crippen LogP contribution < -0.4 is 15.0 Å². The van der Waals surface area contributed by atoms with E-state index >= 15 is 0 Å². The molecule has 2 aromatic carbocycles. The van der Waals surface area contributed by atoms with Crippen LogP contribution in [0, 0.1) is 0 Å². The lowest BCUT2D eigenvalue weighted by Crippen LogP contribution is -2.32. The fourth-order valence-electron chi connectivity index (χ4n) is 3.13. The summed E-state index contributed by atoms with van der Waals surface area (Å²) in [6.07, 6.45) is 3.39. The molecule has 0 fully saturated rings. The van der Waals surface area contributed by atoms with Crippen LogP contribution in [0.4, 0.5) is 11.4 Å². The number of carbonyl (C=O) groups excluding carboxylic acids is 1. The van der Waals surface area contributed by atoms with Crippen LogP contribution in [-0.4, -0.2) is 25.6 Å². The highest BCUT2D eigenvalue weighted by Crippen LogP contribution is 2.33. The molecule has 2 aromatic rings. The van der Waals surface area contributed by atoms with Crippen LogP contribution in [0.1, 0.15) is 40.2 Å². The van der Waals surface area contributed by atoms with Crippen LogP contribution in [0.2, 0.25) is 0 Å². The molecule has 3 rings (SSSR count). The highest BCUT2D eigenvalue weighted by molar-refractivity contribution is 6.02. The second-order valence-electron chi connectivity index (χ2n) is 7.81. The minimum atomic E-state index is -0.155. The lowest BCUT2D eigenvalue weighted by Gasteiger charge is -2.30. The summed E-state index contributed by atoms with van der Waals surface area (Å²) in [5.74, 6) is 0.667. The van der Waals surface area contributed by atoms with Gasteiger partial charge in [-0.25, -0.2) is 0 Å². The number of fused-ring (bicyclic) bond motifs is 1. The van der Waals surface area contributed by atoms with Gasteiger partial charge in [-0.05, 0) is 41.7 Å². The van der Waals surface area contributed by atoms with E-state index in [0.717, 1.165) is 35.8 Å². The van der Waals surface area contributed by atoms with Crippen LogP contribution in [0.5, 0.6) is 5.75 Å². The van der Waals surface area contributed by atoms with E-state index < -0.39 is 0 Å². The standard InChI is InChI=1S/C23H28N2O2.H2/c1-5-25-14-15-27-21-16-19(11-12-20(21)25)24-22(26)13-8-17-6-9-18(10-7-17)23(2,3)4;/h6-13,16H,5,14-15H2,1-4H3,(H,24,26);1H/b13-8+;. The molecule has 0 aliphatic carbocycles. The molecule has 0 saturated heterocycles. The molecule has 1 heterocycles. The molecule has 1 aliphatic heterocycles. The van der Waals surface area contributed by atoms with Crippen molar-refractivity contribution < 1.29 is 11.0 Å². The summed E-state index contributed by atoms with van der Waals surface area (Å²) in [7, 11) is 0. The number of ether oxygens (including phenoxy) is 1. The smallest absolute Gasteiger partial charge is 0.248 e. The predicted octanol–water partition coefficient (Wildman–Crippen LogP) is 5.10. The molecular weight excluding hydrogens is 336 g/mol. The molecular formula is C23H30N2O2. The van der Waals surface area contributed by atoms with Crippen molar-refractivity contribution in [3.63, 3.8) is 0 Å². The maximum absolute atomic E-state index is 12.3. The normalized spacial score (nSPS) is 14.0. The van der Waals surface area contributed by atoms with E-state index in [1.165, 1.54) is 5.56 Å². The maximum Gasteiger partial charge on any atom is 0.248 e. The molecule has 0 atom stereocenters. The van der Waals surface area contributed by atoms with Gasteiger partial charge in [0, 0.05) is 25.8 Å². The van der Waals surface area contributed by atoms with Crippen molar-refractivity contribution in [1.29, 1.82) is 0 Å². The summed E-state index contributed by atoms with van der Waals surface area (Å²) < 4.78 is 5.73. The molecule has 0 unspecified atom stereocenters. The first-order valence-corrected chi connectivity index (χ1v) is 9.48. The second-order valence-corrected chi connectivity index (χ2v) is 7.81. The van der Waals surface area contributed by atoms with Crippen LogP contribution in [-0.2, 0) is 10.2 Å². The van der Waals surface area contributed by atoms with Gasteiger partial charge in [0.25, 0.3) is 0 Å². The van der Waals surface area contributed by atoms with Crippen LogP contribution in [0.15, 0.2) is 48.5 Å². The maximum atomic E-state index is 12.3. The quantitative estimate of drug-likeness (QED) is 0.765. The summed E-state index contributed by atoms with van der Waals surface area (Å²) in [5, 5.41) is 2.91. The first-order chi connectivity index (χ1) is 12.9. The number of amides is 1. The van der Waals surface area contributed by atoms with E-state index in [4.69, 9.17) is 4.74 Å². The Kier molecular flexibility index (Phi) is 5.54. The van der Waals surface area contributed by atoms with Gasteiger partial charge in [-0.15, -0.1) is 0 Å². The van der Waals surface area contributed by atoms with Crippen molar-refractivity contribution >= 4 is 23.4 Å². The van der Waals surface area contributed by atoms with Crippen molar-refractivity contribution in [2.24, 2.45) is 0 Å². The van der Waals surface area contributed by atoms with E-state index in [0.29, 0.717) is 6.61 Å². The van der Waals surface area contributed by atoms with Crippen LogP contribution in [0.3, 0.4) is 0 Å². The predicted molar refractivity (Wildman–Crippen MR) is 115 cm³/mol. The van der Waals surface area contributed by atoms with E-state index in [1.807, 2.05) is 36.4 Å². The number of nitrogens with zero attached hydrogens (tertiary/aromatic N) is 1. The molecule has 4 heteroatoms. The molecule has 0 saturated carbocycles. The molecule has 0 bridgehead atoms. The molecule has 1 aliphatic rings. The summed E-state index contributed by atoms with van der Waals surface area (Å²) >= 11 is 0. The second kappa shape index (κ2) is 7.87. The summed E-state index contributed by atoms with van der Waals surface area (Å²) in [5.41, 5.74) is 4.23. The van der Waals surface area contributed by atoms with Crippen molar-refractivity contribution in [1.82, 2.24) is 0 Å². The Morgan fingerprint density at radius 1 is 1.22 bits per heavy atom. The minimum Gasteiger partial charge on any atom is -0.489 e. The molecule has 144 valence electrons. The Balaban J connectivity index is 0.00000280. The van der Waals surface area contributed by atoms with Gasteiger partial charge in [-0.3, -0.25) is 4.79 Å². The first-order valence-electron chi connectivity index (χ1n) is 9.48. The number of hydrogen-bond acceptors (Lipinski definition) is 3. The highest BCUT2D eigenvalue weighted by atomic mass is 16.5. The Morgan fingerprint density at radius 2 is 1.96 bits per heavy atom. The zero-order chi connectivity index (χ0) is 19.4. The average Bonchev–Trinajstić information content (AvgIpc) is 2.65.